The molecule has 1 aromatic carbocycles. The van der Waals surface area contributed by atoms with Crippen molar-refractivity contribution < 1.29 is 14.3 Å². The molecule has 0 aliphatic rings. The molecule has 1 amide bonds. The lowest BCUT2D eigenvalue weighted by atomic mass is 10.1. The predicted molar refractivity (Wildman–Crippen MR) is 88.3 cm³/mol. The van der Waals surface area contributed by atoms with E-state index in [0.717, 1.165) is 11.5 Å². The first-order valence-corrected chi connectivity index (χ1v) is 8.08. The maximum Gasteiger partial charge on any atom is 0.233 e. The second-order valence-electron chi connectivity index (χ2n) is 5.20. The summed E-state index contributed by atoms with van der Waals surface area (Å²) in [5.74, 6) is 2.55. The summed E-state index contributed by atoms with van der Waals surface area (Å²) in [5, 5.41) is 9.01. The van der Waals surface area contributed by atoms with E-state index >= 15 is 0 Å². The Morgan fingerprint density at radius 2 is 1.91 bits per heavy atom. The van der Waals surface area contributed by atoms with Gasteiger partial charge < -0.3 is 14.4 Å². The maximum atomic E-state index is 12.0. The number of ether oxygens (including phenoxy) is 2. The average Bonchev–Trinajstić information content (AvgIpc) is 2.54. The van der Waals surface area contributed by atoms with Crippen LogP contribution in [0, 0.1) is 11.3 Å². The third-order valence-electron chi connectivity index (χ3n) is 3.27. The van der Waals surface area contributed by atoms with E-state index in [1.165, 1.54) is 16.7 Å². The van der Waals surface area contributed by atoms with Crippen LogP contribution in [0.5, 0.6) is 11.5 Å². The molecule has 0 radical (unpaired) electrons. The monoisotopic (exact) mass is 322 g/mol. The van der Waals surface area contributed by atoms with Crippen LogP contribution in [-0.2, 0) is 4.79 Å². The third-order valence-corrected chi connectivity index (χ3v) is 4.17. The molecule has 120 valence electrons. The third kappa shape index (κ3) is 5.49. The van der Waals surface area contributed by atoms with E-state index in [-0.39, 0.29) is 5.91 Å². The predicted octanol–water partition coefficient (Wildman–Crippen LogP) is 2.57. The van der Waals surface area contributed by atoms with E-state index in [4.69, 9.17) is 14.7 Å². The first kappa shape index (κ1) is 18.2. The molecule has 0 aliphatic carbocycles. The molecule has 6 heteroatoms. The zero-order chi connectivity index (χ0) is 16.6. The smallest absolute Gasteiger partial charge is 0.233 e. The van der Waals surface area contributed by atoms with Gasteiger partial charge in [-0.05, 0) is 38.1 Å². The SMILES string of the molecule is COc1ccc(OCCSCC(=O)N(C)C(C)(C)C#N)cc1. The second-order valence-corrected chi connectivity index (χ2v) is 6.31. The number of amides is 1. The van der Waals surface area contributed by atoms with Crippen LogP contribution in [-0.4, -0.2) is 48.6 Å². The van der Waals surface area contributed by atoms with Gasteiger partial charge >= 0.3 is 0 Å². The molecule has 0 saturated carbocycles. The summed E-state index contributed by atoms with van der Waals surface area (Å²) < 4.78 is 10.7. The fraction of sp³-hybridized carbons (Fsp3) is 0.500. The minimum atomic E-state index is -0.781. The minimum absolute atomic E-state index is 0.0546. The highest BCUT2D eigenvalue weighted by atomic mass is 32.2. The molecule has 0 N–H and O–H groups in total. The van der Waals surface area contributed by atoms with E-state index in [1.54, 1.807) is 28.0 Å². The molecule has 0 spiro atoms. The van der Waals surface area contributed by atoms with Gasteiger partial charge in [-0.3, -0.25) is 4.79 Å². The number of carbonyl (C=O) groups is 1. The Bertz CT molecular complexity index is 523. The summed E-state index contributed by atoms with van der Waals surface area (Å²) in [6, 6.07) is 9.48. The van der Waals surface area contributed by atoms with Crippen LogP contribution >= 0.6 is 11.8 Å². The van der Waals surface area contributed by atoms with Gasteiger partial charge in [0.15, 0.2) is 0 Å². The quantitative estimate of drug-likeness (QED) is 0.688. The fourth-order valence-corrected chi connectivity index (χ4v) is 2.25. The molecule has 5 nitrogen and oxygen atoms in total. The van der Waals surface area contributed by atoms with Gasteiger partial charge in [-0.2, -0.15) is 5.26 Å². The van der Waals surface area contributed by atoms with Crippen molar-refractivity contribution in [3.05, 3.63) is 24.3 Å². The normalized spacial score (nSPS) is 10.7. The molecule has 0 aliphatic heterocycles. The molecule has 0 bridgehead atoms. The van der Waals surface area contributed by atoms with E-state index < -0.39 is 5.54 Å². The van der Waals surface area contributed by atoms with Crippen molar-refractivity contribution >= 4 is 17.7 Å². The fourth-order valence-electron chi connectivity index (χ4n) is 1.53. The van der Waals surface area contributed by atoms with E-state index in [2.05, 4.69) is 6.07 Å². The van der Waals surface area contributed by atoms with Crippen molar-refractivity contribution in [1.29, 1.82) is 5.26 Å². The first-order chi connectivity index (χ1) is 10.4. The molecule has 0 fully saturated rings. The van der Waals surface area contributed by atoms with E-state index in [0.29, 0.717) is 18.1 Å². The number of nitrogens with zero attached hydrogens (tertiary/aromatic N) is 2. The largest absolute Gasteiger partial charge is 0.497 e. The van der Waals surface area contributed by atoms with E-state index in [1.807, 2.05) is 24.3 Å². The second kappa shape index (κ2) is 8.54. The minimum Gasteiger partial charge on any atom is -0.497 e. The summed E-state index contributed by atoms with van der Waals surface area (Å²) in [7, 11) is 3.27. The first-order valence-electron chi connectivity index (χ1n) is 6.93. The average molecular weight is 322 g/mol. The lowest BCUT2D eigenvalue weighted by Crippen LogP contribution is -2.44. The number of methoxy groups -OCH3 is 1. The Hall–Kier alpha value is -1.87. The number of thioether (sulfide) groups is 1. The summed E-state index contributed by atoms with van der Waals surface area (Å²) in [6.07, 6.45) is 0. The maximum absolute atomic E-state index is 12.0. The van der Waals surface area contributed by atoms with Gasteiger partial charge in [-0.25, -0.2) is 0 Å². The van der Waals surface area contributed by atoms with Crippen LogP contribution in [0.4, 0.5) is 0 Å². The van der Waals surface area contributed by atoms with Gasteiger partial charge in [0, 0.05) is 12.8 Å². The van der Waals surface area contributed by atoms with Crippen LogP contribution in [0.1, 0.15) is 13.8 Å². The molecule has 0 unspecified atom stereocenters. The van der Waals surface area contributed by atoms with Crippen molar-refractivity contribution in [3.63, 3.8) is 0 Å². The highest BCUT2D eigenvalue weighted by Gasteiger charge is 2.26. The lowest BCUT2D eigenvalue weighted by Gasteiger charge is -2.29. The molecule has 1 rings (SSSR count). The summed E-state index contributed by atoms with van der Waals surface area (Å²) in [6.45, 7) is 3.97. The standard InChI is InChI=1S/C16H22N2O3S/c1-16(2,12-17)18(3)15(19)11-22-10-9-21-14-7-5-13(20-4)6-8-14/h5-8H,9-11H2,1-4H3. The van der Waals surface area contributed by atoms with Crippen LogP contribution in [0.25, 0.3) is 0 Å². The van der Waals surface area contributed by atoms with Crippen LogP contribution in [0.15, 0.2) is 24.3 Å². The highest BCUT2D eigenvalue weighted by Crippen LogP contribution is 2.17. The zero-order valence-electron chi connectivity index (χ0n) is 13.5. The molecule has 0 atom stereocenters. The number of benzene rings is 1. The van der Waals surface area contributed by atoms with Crippen molar-refractivity contribution in [2.24, 2.45) is 0 Å². The molecule has 0 heterocycles. The molecule has 22 heavy (non-hydrogen) atoms. The highest BCUT2D eigenvalue weighted by molar-refractivity contribution is 7.99. The number of nitriles is 1. The molecule has 0 aromatic heterocycles. The zero-order valence-corrected chi connectivity index (χ0v) is 14.3. The Morgan fingerprint density at radius 3 is 2.45 bits per heavy atom. The van der Waals surface area contributed by atoms with Crippen molar-refractivity contribution in [2.75, 3.05) is 32.3 Å². The van der Waals surface area contributed by atoms with E-state index in [9.17, 15) is 4.79 Å². The Morgan fingerprint density at radius 1 is 1.32 bits per heavy atom. The number of carbonyl (C=O) groups excluding carboxylic acids is 1. The molecule has 0 saturated heterocycles. The van der Waals surface area contributed by atoms with Crippen LogP contribution in [0.3, 0.4) is 0 Å². The lowest BCUT2D eigenvalue weighted by molar-refractivity contribution is -0.130. The molecule has 1 aromatic rings. The van der Waals surface area contributed by atoms with Crippen LogP contribution in [0.2, 0.25) is 0 Å². The Kier molecular flexibility index (Phi) is 7.06. The Labute approximate surface area is 136 Å². The summed E-state index contributed by atoms with van der Waals surface area (Å²) in [5.41, 5.74) is -0.781. The Balaban J connectivity index is 2.25. The van der Waals surface area contributed by atoms with Gasteiger partial charge in [0.25, 0.3) is 0 Å². The summed E-state index contributed by atoms with van der Waals surface area (Å²) >= 11 is 1.49. The number of hydrogen-bond acceptors (Lipinski definition) is 5. The topological polar surface area (TPSA) is 62.6 Å². The van der Waals surface area contributed by atoms with Crippen molar-refractivity contribution in [2.45, 2.75) is 19.4 Å². The summed E-state index contributed by atoms with van der Waals surface area (Å²) in [4.78, 5) is 13.4. The van der Waals surface area contributed by atoms with Gasteiger partial charge in [0.2, 0.25) is 5.91 Å². The van der Waals surface area contributed by atoms with Crippen molar-refractivity contribution in [1.82, 2.24) is 4.90 Å². The number of rotatable bonds is 8. The van der Waals surface area contributed by atoms with Gasteiger partial charge in [0.05, 0.1) is 25.5 Å². The molecular formula is C16H22N2O3S. The molecular weight excluding hydrogens is 300 g/mol. The van der Waals surface area contributed by atoms with Gasteiger partial charge in [-0.15, -0.1) is 11.8 Å². The van der Waals surface area contributed by atoms with Crippen molar-refractivity contribution in [3.8, 4) is 17.6 Å². The van der Waals surface area contributed by atoms with Gasteiger partial charge in [0.1, 0.15) is 17.0 Å². The van der Waals surface area contributed by atoms with Gasteiger partial charge in [-0.1, -0.05) is 0 Å². The number of hydrogen-bond donors (Lipinski definition) is 0. The van der Waals surface area contributed by atoms with Crippen LogP contribution < -0.4 is 9.47 Å².